The van der Waals surface area contributed by atoms with Crippen molar-refractivity contribution in [1.29, 1.82) is 0 Å². The van der Waals surface area contributed by atoms with Crippen LogP contribution in [0.1, 0.15) is 63.9 Å². The molecule has 2 unspecified atom stereocenters. The maximum absolute atomic E-state index is 12.4. The quantitative estimate of drug-likeness (QED) is 0.638. The van der Waals surface area contributed by atoms with Gasteiger partial charge in [0.25, 0.3) is 0 Å². The van der Waals surface area contributed by atoms with Gasteiger partial charge < -0.3 is 0 Å². The van der Waals surface area contributed by atoms with Gasteiger partial charge in [0.1, 0.15) is 0 Å². The second-order valence-corrected chi connectivity index (χ2v) is 8.84. The van der Waals surface area contributed by atoms with Gasteiger partial charge in [-0.15, -0.1) is 0 Å². The van der Waals surface area contributed by atoms with Crippen molar-refractivity contribution in [2.45, 2.75) is 58.8 Å². The summed E-state index contributed by atoms with van der Waals surface area (Å²) in [5, 5.41) is 4.95. The molecule has 0 aliphatic rings. The highest BCUT2D eigenvalue weighted by Gasteiger charge is 2.19. The van der Waals surface area contributed by atoms with Gasteiger partial charge in [-0.1, -0.05) is 58.7 Å². The Kier molecular flexibility index (Phi) is 10.1. The number of aromatic nitrogens is 2. The molecule has 2 aromatic rings. The van der Waals surface area contributed by atoms with Crippen LogP contribution in [0.4, 0.5) is 0 Å². The molecule has 0 aliphatic carbocycles. The lowest BCUT2D eigenvalue weighted by atomic mass is 9.97. The Bertz CT molecular complexity index is 764. The van der Waals surface area contributed by atoms with Crippen LogP contribution in [0.3, 0.4) is 0 Å². The first-order valence-electron chi connectivity index (χ1n) is 8.74. The van der Waals surface area contributed by atoms with Crippen molar-refractivity contribution in [3.63, 3.8) is 0 Å². The third-order valence-corrected chi connectivity index (χ3v) is 4.91. The van der Waals surface area contributed by atoms with Crippen molar-refractivity contribution in [1.82, 2.24) is 9.78 Å². The van der Waals surface area contributed by atoms with Crippen molar-refractivity contribution in [3.05, 3.63) is 46.2 Å². The molecule has 0 saturated carbocycles. The Morgan fingerprint density at radius 1 is 1.28 bits per heavy atom. The number of hydrogen-bond acceptors (Lipinski definition) is 2. The summed E-state index contributed by atoms with van der Waals surface area (Å²) < 4.78 is 14.3. The topological polar surface area (TPSA) is 34.9 Å². The average Bonchev–Trinajstić information content (AvgIpc) is 2.87. The Balaban J connectivity index is 0.00000104. The van der Waals surface area contributed by atoms with Crippen LogP contribution in [0.5, 0.6) is 0 Å². The van der Waals surface area contributed by atoms with Crippen molar-refractivity contribution in [3.8, 4) is 0 Å². The molecule has 142 valence electrons. The zero-order chi connectivity index (χ0) is 19.8. The molecule has 25 heavy (non-hydrogen) atoms. The fourth-order valence-corrected chi connectivity index (χ4v) is 3.79. The largest absolute Gasteiger partial charge is 0.272 e. The summed E-state index contributed by atoms with van der Waals surface area (Å²) in [6.07, 6.45) is 2.89. The molecular formula is C20H33ClN2OS. The molecule has 0 fully saturated rings. The van der Waals surface area contributed by atoms with Crippen LogP contribution in [0.15, 0.2) is 29.2 Å². The van der Waals surface area contributed by atoms with Crippen LogP contribution < -0.4 is 0 Å². The van der Waals surface area contributed by atoms with Gasteiger partial charge in [0.2, 0.25) is 0 Å². The summed E-state index contributed by atoms with van der Waals surface area (Å²) in [5.74, 6) is 3.87. The van der Waals surface area contributed by atoms with Gasteiger partial charge >= 0.3 is 0 Å². The first kappa shape index (κ1) is 23.7. The monoisotopic (exact) mass is 384 g/mol. The first-order chi connectivity index (χ1) is 11.6. The van der Waals surface area contributed by atoms with Crippen molar-refractivity contribution in [2.75, 3.05) is 6.26 Å². The maximum atomic E-state index is 12.4. The molecular weight excluding hydrogens is 352 g/mol. The predicted molar refractivity (Wildman–Crippen MR) is 114 cm³/mol. The van der Waals surface area contributed by atoms with Crippen molar-refractivity contribution >= 4 is 27.0 Å². The fraction of sp³-hybridized carbons (Fsp3) is 0.500. The molecule has 2 rings (SSSR count). The number of nitrogens with zero attached hydrogens (tertiary/aromatic N) is 2. The molecule has 1 aromatic heterocycles. The van der Waals surface area contributed by atoms with Crippen LogP contribution in [0, 0.1) is 6.92 Å². The SMILES string of the molecule is C=S(C)(=O)c1cc(Cl)ccc1C(C)c1cc(C)nn1C.CC.CCC. The molecule has 0 spiro atoms. The van der Waals surface area contributed by atoms with E-state index in [-0.39, 0.29) is 5.92 Å². The van der Waals surface area contributed by atoms with E-state index >= 15 is 0 Å². The van der Waals surface area contributed by atoms with Crippen LogP contribution >= 0.6 is 11.6 Å². The lowest BCUT2D eigenvalue weighted by Gasteiger charge is -2.18. The van der Waals surface area contributed by atoms with Gasteiger partial charge in [0.15, 0.2) is 0 Å². The minimum atomic E-state index is -2.33. The molecule has 0 N–H and O–H groups in total. The van der Waals surface area contributed by atoms with Gasteiger partial charge in [-0.2, -0.15) is 5.10 Å². The molecule has 0 radical (unpaired) electrons. The highest BCUT2D eigenvalue weighted by Crippen LogP contribution is 2.31. The highest BCUT2D eigenvalue weighted by atomic mass is 35.5. The third-order valence-electron chi connectivity index (χ3n) is 3.39. The maximum Gasteiger partial charge on any atom is 0.0596 e. The van der Waals surface area contributed by atoms with E-state index in [2.05, 4.69) is 31.7 Å². The van der Waals surface area contributed by atoms with Gasteiger partial charge in [0, 0.05) is 34.8 Å². The van der Waals surface area contributed by atoms with E-state index in [4.69, 9.17) is 11.6 Å². The van der Waals surface area contributed by atoms with Gasteiger partial charge in [-0.3, -0.25) is 8.89 Å². The summed E-state index contributed by atoms with van der Waals surface area (Å²) in [4.78, 5) is 0.719. The second-order valence-electron chi connectivity index (χ2n) is 5.95. The summed E-state index contributed by atoms with van der Waals surface area (Å²) in [5.41, 5.74) is 3.03. The van der Waals surface area contributed by atoms with Crippen molar-refractivity contribution in [2.24, 2.45) is 7.05 Å². The van der Waals surface area contributed by atoms with E-state index < -0.39 is 9.52 Å². The van der Waals surface area contributed by atoms with Gasteiger partial charge in [-0.25, -0.2) is 0 Å². The number of benzene rings is 1. The Labute approximate surface area is 159 Å². The van der Waals surface area contributed by atoms with Gasteiger partial charge in [0.05, 0.1) is 5.69 Å². The van der Waals surface area contributed by atoms with E-state index in [0.29, 0.717) is 5.02 Å². The zero-order valence-corrected chi connectivity index (χ0v) is 18.5. The lowest BCUT2D eigenvalue weighted by Crippen LogP contribution is -2.09. The number of aryl methyl sites for hydroxylation is 2. The van der Waals surface area contributed by atoms with Crippen molar-refractivity contribution < 1.29 is 4.21 Å². The Hall–Kier alpha value is -1.26. The Morgan fingerprint density at radius 2 is 1.80 bits per heavy atom. The molecule has 1 heterocycles. The molecule has 5 heteroatoms. The van der Waals surface area contributed by atoms with Crippen LogP contribution in [0.25, 0.3) is 0 Å². The number of hydrogen-bond donors (Lipinski definition) is 0. The minimum absolute atomic E-state index is 0.0796. The van der Waals surface area contributed by atoms with E-state index in [1.54, 1.807) is 12.3 Å². The summed E-state index contributed by atoms with van der Waals surface area (Å²) >= 11 is 6.04. The fourth-order valence-electron chi connectivity index (χ4n) is 2.44. The average molecular weight is 385 g/mol. The van der Waals surface area contributed by atoms with E-state index in [0.717, 1.165) is 21.8 Å². The predicted octanol–water partition coefficient (Wildman–Crippen LogP) is 5.68. The molecule has 0 amide bonds. The molecule has 1 aromatic carbocycles. The molecule has 0 saturated heterocycles. The molecule has 0 aliphatic heterocycles. The lowest BCUT2D eigenvalue weighted by molar-refractivity contribution is 0.669. The summed E-state index contributed by atoms with van der Waals surface area (Å²) in [7, 11) is -0.411. The second kappa shape index (κ2) is 10.7. The highest BCUT2D eigenvalue weighted by molar-refractivity contribution is 7.99. The zero-order valence-electron chi connectivity index (χ0n) is 16.9. The van der Waals surface area contributed by atoms with E-state index in [9.17, 15) is 4.21 Å². The summed E-state index contributed by atoms with van der Waals surface area (Å²) in [6.45, 7) is 12.3. The Morgan fingerprint density at radius 3 is 2.20 bits per heavy atom. The number of halogens is 1. The first-order valence-corrected chi connectivity index (χ1v) is 11.2. The van der Waals surface area contributed by atoms with Crippen LogP contribution in [0.2, 0.25) is 5.02 Å². The van der Waals surface area contributed by atoms with E-state index in [1.165, 1.54) is 6.42 Å². The number of rotatable bonds is 3. The summed E-state index contributed by atoms with van der Waals surface area (Å²) in [6, 6.07) is 7.56. The molecule has 3 nitrogen and oxygen atoms in total. The third kappa shape index (κ3) is 6.87. The van der Waals surface area contributed by atoms with Gasteiger partial charge in [-0.05, 0) is 46.1 Å². The molecule has 2 atom stereocenters. The minimum Gasteiger partial charge on any atom is -0.272 e. The standard InChI is InChI=1S/C15H19ClN2OS.C3H8.C2H6/c1-10-8-14(18(3)17-10)11(2)13-7-6-12(16)9-15(13)20(4,5)19;1-3-2;1-2/h6-9,11H,4H2,1-3,5H3;3H2,1-2H3;1-2H3. The van der Waals surface area contributed by atoms with E-state index in [1.807, 2.05) is 50.7 Å². The molecule has 0 bridgehead atoms. The van der Waals surface area contributed by atoms with Crippen LogP contribution in [-0.2, 0) is 16.6 Å². The smallest absolute Gasteiger partial charge is 0.0596 e. The normalized spacial score (nSPS) is 13.6. The van der Waals surface area contributed by atoms with Crippen LogP contribution in [-0.4, -0.2) is 26.1 Å².